The standard InChI is InChI=1S/C11H14BrF2N/c1-7-8(4-3-5-9(7)12)6-11(2,15)10(13)14/h3-5,10H,6,15H2,1-2H3. The Morgan fingerprint density at radius 1 is 1.47 bits per heavy atom. The van der Waals surface area contributed by atoms with E-state index in [1.807, 2.05) is 25.1 Å². The molecular formula is C11H14BrF2N. The van der Waals surface area contributed by atoms with Gasteiger partial charge in [0.15, 0.2) is 0 Å². The summed E-state index contributed by atoms with van der Waals surface area (Å²) in [6.45, 7) is 3.26. The van der Waals surface area contributed by atoms with Gasteiger partial charge in [0.05, 0.1) is 5.54 Å². The van der Waals surface area contributed by atoms with Gasteiger partial charge < -0.3 is 5.73 Å². The Kier molecular flexibility index (Phi) is 3.84. The molecule has 15 heavy (non-hydrogen) atoms. The molecule has 0 radical (unpaired) electrons. The molecular weight excluding hydrogens is 264 g/mol. The van der Waals surface area contributed by atoms with Crippen molar-refractivity contribution in [2.24, 2.45) is 5.73 Å². The molecule has 0 saturated heterocycles. The molecule has 84 valence electrons. The maximum absolute atomic E-state index is 12.6. The smallest absolute Gasteiger partial charge is 0.256 e. The Morgan fingerprint density at radius 3 is 2.60 bits per heavy atom. The van der Waals surface area contributed by atoms with Crippen LogP contribution < -0.4 is 5.73 Å². The van der Waals surface area contributed by atoms with Crippen molar-refractivity contribution in [1.29, 1.82) is 0 Å². The van der Waals surface area contributed by atoms with Crippen LogP contribution in [0, 0.1) is 6.92 Å². The number of alkyl halides is 2. The number of rotatable bonds is 3. The third-order valence-corrected chi connectivity index (χ3v) is 3.31. The van der Waals surface area contributed by atoms with Gasteiger partial charge in [-0.1, -0.05) is 28.1 Å². The first kappa shape index (κ1) is 12.6. The average Bonchev–Trinajstić information content (AvgIpc) is 2.12. The molecule has 0 fully saturated rings. The molecule has 1 aromatic rings. The molecule has 0 aliphatic carbocycles. The maximum Gasteiger partial charge on any atom is 0.256 e. The topological polar surface area (TPSA) is 26.0 Å². The number of hydrogen-bond acceptors (Lipinski definition) is 1. The zero-order chi connectivity index (χ0) is 11.6. The van der Waals surface area contributed by atoms with E-state index in [4.69, 9.17) is 5.73 Å². The van der Waals surface area contributed by atoms with Crippen LogP contribution in [0.15, 0.2) is 22.7 Å². The van der Waals surface area contributed by atoms with E-state index in [9.17, 15) is 8.78 Å². The van der Waals surface area contributed by atoms with E-state index in [0.717, 1.165) is 15.6 Å². The average molecular weight is 278 g/mol. The lowest BCUT2D eigenvalue weighted by Crippen LogP contribution is -2.46. The number of nitrogens with two attached hydrogens (primary N) is 1. The van der Waals surface area contributed by atoms with Crippen LogP contribution in [0.4, 0.5) is 8.78 Å². The van der Waals surface area contributed by atoms with Crippen LogP contribution in [0.25, 0.3) is 0 Å². The van der Waals surface area contributed by atoms with E-state index in [1.165, 1.54) is 6.92 Å². The lowest BCUT2D eigenvalue weighted by molar-refractivity contribution is 0.0638. The lowest BCUT2D eigenvalue weighted by Gasteiger charge is -2.24. The van der Waals surface area contributed by atoms with Gasteiger partial charge in [0.2, 0.25) is 0 Å². The second-order valence-corrected chi connectivity index (χ2v) is 4.86. The number of benzene rings is 1. The zero-order valence-corrected chi connectivity index (χ0v) is 10.3. The molecule has 1 unspecified atom stereocenters. The summed E-state index contributed by atoms with van der Waals surface area (Å²) >= 11 is 3.36. The highest BCUT2D eigenvalue weighted by Crippen LogP contribution is 2.24. The van der Waals surface area contributed by atoms with Gasteiger partial charge in [0.25, 0.3) is 6.43 Å². The summed E-state index contributed by atoms with van der Waals surface area (Å²) < 4.78 is 26.1. The fraction of sp³-hybridized carbons (Fsp3) is 0.455. The Hall–Kier alpha value is -0.480. The van der Waals surface area contributed by atoms with Crippen molar-refractivity contribution in [1.82, 2.24) is 0 Å². The lowest BCUT2D eigenvalue weighted by atomic mass is 9.92. The van der Waals surface area contributed by atoms with Gasteiger partial charge in [-0.25, -0.2) is 8.78 Å². The highest BCUT2D eigenvalue weighted by molar-refractivity contribution is 9.10. The van der Waals surface area contributed by atoms with E-state index in [-0.39, 0.29) is 6.42 Å². The van der Waals surface area contributed by atoms with Crippen LogP contribution in [0.1, 0.15) is 18.1 Å². The highest BCUT2D eigenvalue weighted by atomic mass is 79.9. The quantitative estimate of drug-likeness (QED) is 0.902. The Bertz CT molecular complexity index is 350. The molecule has 1 atom stereocenters. The summed E-state index contributed by atoms with van der Waals surface area (Å²) in [5, 5.41) is 0. The second kappa shape index (κ2) is 4.58. The summed E-state index contributed by atoms with van der Waals surface area (Å²) in [5.74, 6) is 0. The van der Waals surface area contributed by atoms with E-state index in [2.05, 4.69) is 15.9 Å². The monoisotopic (exact) mass is 277 g/mol. The van der Waals surface area contributed by atoms with Crippen LogP contribution in [-0.2, 0) is 6.42 Å². The number of halogens is 3. The summed E-state index contributed by atoms with van der Waals surface area (Å²) in [6, 6.07) is 5.54. The van der Waals surface area contributed by atoms with Crippen molar-refractivity contribution in [3.63, 3.8) is 0 Å². The predicted octanol–water partition coefficient (Wildman–Crippen LogP) is 3.28. The van der Waals surface area contributed by atoms with Crippen LogP contribution in [0.5, 0.6) is 0 Å². The van der Waals surface area contributed by atoms with Crippen molar-refractivity contribution in [2.45, 2.75) is 32.2 Å². The largest absolute Gasteiger partial charge is 0.320 e. The molecule has 0 amide bonds. The van der Waals surface area contributed by atoms with Crippen molar-refractivity contribution in [2.75, 3.05) is 0 Å². The minimum absolute atomic E-state index is 0.177. The van der Waals surface area contributed by atoms with Gasteiger partial charge in [-0.05, 0) is 37.5 Å². The van der Waals surface area contributed by atoms with E-state index in [1.54, 1.807) is 0 Å². The molecule has 0 heterocycles. The third kappa shape index (κ3) is 2.98. The Balaban J connectivity index is 2.95. The zero-order valence-electron chi connectivity index (χ0n) is 8.73. The number of hydrogen-bond donors (Lipinski definition) is 1. The fourth-order valence-electron chi connectivity index (χ4n) is 1.33. The van der Waals surface area contributed by atoms with E-state index in [0.29, 0.717) is 0 Å². The van der Waals surface area contributed by atoms with Gasteiger partial charge in [-0.2, -0.15) is 0 Å². The minimum atomic E-state index is -2.52. The molecule has 1 aromatic carbocycles. The highest BCUT2D eigenvalue weighted by Gasteiger charge is 2.30. The van der Waals surface area contributed by atoms with Crippen molar-refractivity contribution >= 4 is 15.9 Å². The SMILES string of the molecule is Cc1c(Br)cccc1CC(C)(N)C(F)F. The second-order valence-electron chi connectivity index (χ2n) is 4.01. The molecule has 0 aliphatic heterocycles. The normalized spacial score (nSPS) is 15.4. The first-order chi connectivity index (χ1) is 6.84. The van der Waals surface area contributed by atoms with Gasteiger partial charge in [0.1, 0.15) is 0 Å². The molecule has 2 N–H and O–H groups in total. The first-order valence-corrected chi connectivity index (χ1v) is 5.45. The molecule has 0 aliphatic rings. The molecule has 0 saturated carbocycles. The molecule has 0 bridgehead atoms. The Morgan fingerprint density at radius 2 is 2.07 bits per heavy atom. The summed E-state index contributed by atoms with van der Waals surface area (Å²) in [4.78, 5) is 0. The van der Waals surface area contributed by atoms with E-state index >= 15 is 0 Å². The van der Waals surface area contributed by atoms with Crippen molar-refractivity contribution in [3.8, 4) is 0 Å². The van der Waals surface area contributed by atoms with E-state index < -0.39 is 12.0 Å². The summed E-state index contributed by atoms with van der Waals surface area (Å²) in [5.41, 5.74) is 5.90. The Labute approximate surface area is 96.8 Å². The minimum Gasteiger partial charge on any atom is -0.320 e. The van der Waals surface area contributed by atoms with Gasteiger partial charge in [-0.15, -0.1) is 0 Å². The molecule has 1 rings (SSSR count). The summed E-state index contributed by atoms with van der Waals surface area (Å²) in [7, 11) is 0. The van der Waals surface area contributed by atoms with Gasteiger partial charge in [0, 0.05) is 4.47 Å². The predicted molar refractivity (Wildman–Crippen MR) is 61.2 cm³/mol. The molecule has 0 aromatic heterocycles. The molecule has 0 spiro atoms. The van der Waals surface area contributed by atoms with Crippen molar-refractivity contribution in [3.05, 3.63) is 33.8 Å². The first-order valence-electron chi connectivity index (χ1n) is 4.65. The van der Waals surface area contributed by atoms with Crippen LogP contribution >= 0.6 is 15.9 Å². The molecule has 1 nitrogen and oxygen atoms in total. The fourth-order valence-corrected chi connectivity index (χ4v) is 1.74. The van der Waals surface area contributed by atoms with Gasteiger partial charge >= 0.3 is 0 Å². The van der Waals surface area contributed by atoms with Crippen LogP contribution in [0.3, 0.4) is 0 Å². The summed E-state index contributed by atoms with van der Waals surface area (Å²) in [6.07, 6.45) is -2.34. The van der Waals surface area contributed by atoms with Crippen LogP contribution in [-0.4, -0.2) is 12.0 Å². The third-order valence-electron chi connectivity index (χ3n) is 2.45. The maximum atomic E-state index is 12.6. The van der Waals surface area contributed by atoms with Gasteiger partial charge in [-0.3, -0.25) is 0 Å². The van der Waals surface area contributed by atoms with Crippen LogP contribution in [0.2, 0.25) is 0 Å². The van der Waals surface area contributed by atoms with Crippen molar-refractivity contribution < 1.29 is 8.78 Å². The molecule has 4 heteroatoms.